The lowest BCUT2D eigenvalue weighted by Crippen LogP contribution is -2.46. The van der Waals surface area contributed by atoms with Crippen molar-refractivity contribution in [3.63, 3.8) is 0 Å². The number of amides is 1. The standard InChI is InChI=1S/C28H38N6O3/c1-20(22-7-12-30-26(29)19-22)31-13-8-21(9-14-31)27(35)32-15-10-23(11-16-32)34-25-6-4-3-5-24(25)33(28(34)36)17-18-37-2/h3-7,12,19-21,23H,8-11,13-18H2,1-2H3,(H2,29,30). The molecule has 2 fully saturated rings. The van der Waals surface area contributed by atoms with Crippen LogP contribution < -0.4 is 11.4 Å². The number of fused-ring (bicyclic) bond motifs is 1. The topological polar surface area (TPSA) is 98.6 Å². The second kappa shape index (κ2) is 11.1. The van der Waals surface area contributed by atoms with Crippen LogP contribution in [0.15, 0.2) is 47.4 Å². The maximum Gasteiger partial charge on any atom is 0.329 e. The molecule has 1 aromatic carbocycles. The Balaban J connectivity index is 1.19. The quantitative estimate of drug-likeness (QED) is 0.529. The molecule has 0 radical (unpaired) electrons. The number of hydrogen-bond donors (Lipinski definition) is 1. The van der Waals surface area contributed by atoms with Crippen LogP contribution in [0.3, 0.4) is 0 Å². The highest BCUT2D eigenvalue weighted by Gasteiger charge is 2.33. The van der Waals surface area contributed by atoms with E-state index in [1.165, 1.54) is 0 Å². The zero-order valence-electron chi connectivity index (χ0n) is 21.9. The molecule has 0 aliphatic carbocycles. The Bertz CT molecular complexity index is 1280. The summed E-state index contributed by atoms with van der Waals surface area (Å²) in [4.78, 5) is 35.3. The predicted octanol–water partition coefficient (Wildman–Crippen LogP) is 3.06. The van der Waals surface area contributed by atoms with Crippen LogP contribution in [0.2, 0.25) is 0 Å². The smallest absolute Gasteiger partial charge is 0.329 e. The molecule has 0 bridgehead atoms. The number of ether oxygens (including phenoxy) is 1. The molecule has 0 saturated carbocycles. The molecule has 2 aliphatic rings. The van der Waals surface area contributed by atoms with Crippen molar-refractivity contribution in [3.8, 4) is 0 Å². The number of hydrogen-bond acceptors (Lipinski definition) is 6. The normalized spacial score (nSPS) is 18.9. The second-order valence-corrected chi connectivity index (χ2v) is 10.3. The molecule has 1 unspecified atom stereocenters. The maximum atomic E-state index is 13.4. The van der Waals surface area contributed by atoms with E-state index >= 15 is 0 Å². The Hall–Kier alpha value is -3.17. The van der Waals surface area contributed by atoms with Gasteiger partial charge < -0.3 is 15.4 Å². The number of carbonyl (C=O) groups excluding carboxylic acids is 1. The lowest BCUT2D eigenvalue weighted by Gasteiger charge is -2.39. The van der Waals surface area contributed by atoms with Crippen molar-refractivity contribution in [1.29, 1.82) is 0 Å². The van der Waals surface area contributed by atoms with Crippen molar-refractivity contribution < 1.29 is 9.53 Å². The summed E-state index contributed by atoms with van der Waals surface area (Å²) in [5.74, 6) is 0.884. The van der Waals surface area contributed by atoms with E-state index in [-0.39, 0.29) is 29.6 Å². The van der Waals surface area contributed by atoms with Crippen LogP contribution in [0, 0.1) is 5.92 Å². The summed E-state index contributed by atoms with van der Waals surface area (Å²) >= 11 is 0. The first-order chi connectivity index (χ1) is 18.0. The molecule has 3 aromatic rings. The number of methoxy groups -OCH3 is 1. The number of benzene rings is 1. The van der Waals surface area contributed by atoms with E-state index in [2.05, 4.69) is 16.8 Å². The fourth-order valence-corrected chi connectivity index (χ4v) is 6.06. The SMILES string of the molecule is COCCn1c(=O)n(C2CCN(C(=O)C3CCN(C(C)c4ccnc(N)c4)CC3)CC2)c2ccccc21. The highest BCUT2D eigenvalue weighted by atomic mass is 16.5. The summed E-state index contributed by atoms with van der Waals surface area (Å²) < 4.78 is 8.98. The molecule has 2 aliphatic heterocycles. The average molecular weight is 507 g/mol. The number of aromatic nitrogens is 3. The number of piperidine rings is 2. The van der Waals surface area contributed by atoms with E-state index in [9.17, 15) is 9.59 Å². The molecule has 9 nitrogen and oxygen atoms in total. The first-order valence-electron chi connectivity index (χ1n) is 13.4. The Morgan fingerprint density at radius 3 is 2.46 bits per heavy atom. The molecule has 2 aromatic heterocycles. The van der Waals surface area contributed by atoms with Gasteiger partial charge in [-0.05, 0) is 75.5 Å². The van der Waals surface area contributed by atoms with Gasteiger partial charge in [0, 0.05) is 44.4 Å². The zero-order chi connectivity index (χ0) is 25.9. The molecule has 4 heterocycles. The van der Waals surface area contributed by atoms with Gasteiger partial charge in [-0.1, -0.05) is 12.1 Å². The number of imidazole rings is 1. The fraction of sp³-hybridized carbons (Fsp3) is 0.536. The van der Waals surface area contributed by atoms with Crippen molar-refractivity contribution in [2.75, 3.05) is 45.6 Å². The highest BCUT2D eigenvalue weighted by molar-refractivity contribution is 5.79. The molecule has 2 N–H and O–H groups in total. The maximum absolute atomic E-state index is 13.4. The van der Waals surface area contributed by atoms with E-state index in [4.69, 9.17) is 10.5 Å². The van der Waals surface area contributed by atoms with E-state index in [0.29, 0.717) is 32.1 Å². The van der Waals surface area contributed by atoms with Gasteiger partial charge in [0.2, 0.25) is 5.91 Å². The number of anilines is 1. The average Bonchev–Trinajstić information content (AvgIpc) is 3.22. The monoisotopic (exact) mass is 506 g/mol. The van der Waals surface area contributed by atoms with E-state index < -0.39 is 0 Å². The third kappa shape index (κ3) is 5.15. The van der Waals surface area contributed by atoms with Gasteiger partial charge >= 0.3 is 5.69 Å². The number of nitrogens with zero attached hydrogens (tertiary/aromatic N) is 5. The second-order valence-electron chi connectivity index (χ2n) is 10.3. The highest BCUT2D eigenvalue weighted by Crippen LogP contribution is 2.30. The van der Waals surface area contributed by atoms with Crippen LogP contribution >= 0.6 is 0 Å². The number of carbonyl (C=O) groups is 1. The molecule has 37 heavy (non-hydrogen) atoms. The van der Waals surface area contributed by atoms with Crippen molar-refractivity contribution in [2.24, 2.45) is 5.92 Å². The van der Waals surface area contributed by atoms with Crippen molar-refractivity contribution in [3.05, 3.63) is 58.6 Å². The lowest BCUT2D eigenvalue weighted by molar-refractivity contribution is -0.138. The first-order valence-corrected chi connectivity index (χ1v) is 13.4. The van der Waals surface area contributed by atoms with Gasteiger partial charge in [-0.2, -0.15) is 0 Å². The molecule has 1 amide bonds. The summed E-state index contributed by atoms with van der Waals surface area (Å²) in [6.45, 7) is 6.40. The van der Waals surface area contributed by atoms with Crippen LogP contribution in [0.1, 0.15) is 50.3 Å². The third-order valence-electron chi connectivity index (χ3n) is 8.24. The molecule has 5 rings (SSSR count). The van der Waals surface area contributed by atoms with Gasteiger partial charge in [-0.15, -0.1) is 0 Å². The van der Waals surface area contributed by atoms with Crippen LogP contribution in [0.5, 0.6) is 0 Å². The Labute approximate surface area is 217 Å². The van der Waals surface area contributed by atoms with Crippen LogP contribution in [-0.4, -0.2) is 69.7 Å². The minimum atomic E-state index is 0.0143. The van der Waals surface area contributed by atoms with E-state index in [0.717, 1.165) is 55.4 Å². The Kier molecular flexibility index (Phi) is 7.62. The summed E-state index contributed by atoms with van der Waals surface area (Å²) in [6.07, 6.45) is 5.09. The Morgan fingerprint density at radius 2 is 1.78 bits per heavy atom. The van der Waals surface area contributed by atoms with Crippen LogP contribution in [0.25, 0.3) is 11.0 Å². The number of para-hydroxylation sites is 2. The predicted molar refractivity (Wildman–Crippen MR) is 144 cm³/mol. The summed E-state index contributed by atoms with van der Waals surface area (Å²) in [5.41, 5.74) is 8.95. The largest absolute Gasteiger partial charge is 0.384 e. The van der Waals surface area contributed by atoms with Gasteiger partial charge in [0.15, 0.2) is 0 Å². The minimum Gasteiger partial charge on any atom is -0.384 e. The van der Waals surface area contributed by atoms with Crippen LogP contribution in [-0.2, 0) is 16.1 Å². The van der Waals surface area contributed by atoms with Crippen molar-refractivity contribution >= 4 is 22.8 Å². The van der Waals surface area contributed by atoms with Gasteiger partial charge in [-0.3, -0.25) is 18.8 Å². The van der Waals surface area contributed by atoms with Crippen molar-refractivity contribution in [2.45, 2.75) is 51.2 Å². The van der Waals surface area contributed by atoms with Gasteiger partial charge in [-0.25, -0.2) is 9.78 Å². The summed E-state index contributed by atoms with van der Waals surface area (Å²) in [5, 5.41) is 0. The molecule has 2 saturated heterocycles. The van der Waals surface area contributed by atoms with Gasteiger partial charge in [0.05, 0.1) is 24.2 Å². The molecule has 9 heteroatoms. The lowest BCUT2D eigenvalue weighted by atomic mass is 9.92. The number of pyridine rings is 1. The molecule has 1 atom stereocenters. The molecule has 198 valence electrons. The number of nitrogens with two attached hydrogens (primary N) is 1. The summed E-state index contributed by atoms with van der Waals surface area (Å²) in [7, 11) is 1.65. The van der Waals surface area contributed by atoms with E-state index in [1.807, 2.05) is 50.4 Å². The fourth-order valence-electron chi connectivity index (χ4n) is 6.06. The van der Waals surface area contributed by atoms with E-state index in [1.54, 1.807) is 13.3 Å². The van der Waals surface area contributed by atoms with Gasteiger partial charge in [0.25, 0.3) is 0 Å². The number of likely N-dealkylation sites (tertiary alicyclic amines) is 2. The molecule has 0 spiro atoms. The first kappa shape index (κ1) is 25.5. The third-order valence-corrected chi connectivity index (χ3v) is 8.24. The molecular formula is C28H38N6O3. The number of nitrogen functional groups attached to an aromatic ring is 1. The minimum absolute atomic E-state index is 0.0143. The summed E-state index contributed by atoms with van der Waals surface area (Å²) in [6, 6.07) is 12.3. The van der Waals surface area contributed by atoms with Gasteiger partial charge in [0.1, 0.15) is 5.82 Å². The van der Waals surface area contributed by atoms with Crippen molar-refractivity contribution in [1.82, 2.24) is 23.9 Å². The number of rotatable bonds is 7. The Morgan fingerprint density at radius 1 is 1.08 bits per heavy atom. The zero-order valence-corrected chi connectivity index (χ0v) is 21.9. The molecular weight excluding hydrogens is 468 g/mol. The van der Waals surface area contributed by atoms with Crippen LogP contribution in [0.4, 0.5) is 5.82 Å².